The molecule has 20 heavy (non-hydrogen) atoms. The Labute approximate surface area is 121 Å². The summed E-state index contributed by atoms with van der Waals surface area (Å²) in [6, 6.07) is 2.22. The summed E-state index contributed by atoms with van der Waals surface area (Å²) in [5, 5.41) is -0.874. The molecule has 0 aromatic heterocycles. The number of hydrogen-bond acceptors (Lipinski definition) is 1. The number of rotatable bonds is 5. The van der Waals surface area contributed by atoms with Crippen LogP contribution in [0.2, 0.25) is 0 Å². The highest BCUT2D eigenvalue weighted by Gasteiger charge is 2.34. The van der Waals surface area contributed by atoms with Crippen molar-refractivity contribution in [2.24, 2.45) is 0 Å². The Kier molecular flexibility index (Phi) is 5.81. The van der Waals surface area contributed by atoms with E-state index in [0.717, 1.165) is 18.9 Å². The Morgan fingerprint density at radius 2 is 1.95 bits per heavy atom. The topological polar surface area (TPSA) is 17.1 Å². The number of allylic oxidation sites excluding steroid dienone is 2. The van der Waals surface area contributed by atoms with Crippen molar-refractivity contribution in [2.75, 3.05) is 0 Å². The first-order valence-corrected chi connectivity index (χ1v) is 6.70. The zero-order valence-corrected chi connectivity index (χ0v) is 12.1. The lowest BCUT2D eigenvalue weighted by Gasteiger charge is -2.14. The van der Waals surface area contributed by atoms with E-state index >= 15 is 0 Å². The highest BCUT2D eigenvalue weighted by atomic mass is 35.5. The van der Waals surface area contributed by atoms with E-state index in [1.807, 2.05) is 13.0 Å². The van der Waals surface area contributed by atoms with Crippen molar-refractivity contribution in [2.45, 2.75) is 39.3 Å². The zero-order valence-electron chi connectivity index (χ0n) is 11.4. The van der Waals surface area contributed by atoms with Gasteiger partial charge in [-0.15, -0.1) is 0 Å². The Bertz CT molecular complexity index is 519. The Morgan fingerprint density at radius 1 is 1.30 bits per heavy atom. The van der Waals surface area contributed by atoms with Crippen LogP contribution in [0.3, 0.4) is 0 Å². The van der Waals surface area contributed by atoms with E-state index in [2.05, 4.69) is 0 Å². The van der Waals surface area contributed by atoms with Crippen molar-refractivity contribution in [3.63, 3.8) is 0 Å². The van der Waals surface area contributed by atoms with E-state index in [9.17, 15) is 18.0 Å². The molecule has 0 N–H and O–H groups in total. The number of benzene rings is 1. The molecule has 0 unspecified atom stereocenters. The normalized spacial score (nSPS) is 12.1. The van der Waals surface area contributed by atoms with E-state index in [1.54, 1.807) is 13.0 Å². The number of aryl methyl sites for hydroxylation is 1. The van der Waals surface area contributed by atoms with Gasteiger partial charge in [0.25, 0.3) is 5.24 Å². The fraction of sp³-hybridized carbons (Fsp3) is 0.400. The minimum absolute atomic E-state index is 0.0970. The van der Waals surface area contributed by atoms with Gasteiger partial charge in [0.2, 0.25) is 0 Å². The summed E-state index contributed by atoms with van der Waals surface area (Å²) in [5.74, 6) is 0. The van der Waals surface area contributed by atoms with Gasteiger partial charge in [0.15, 0.2) is 0 Å². The fourth-order valence-electron chi connectivity index (χ4n) is 1.91. The van der Waals surface area contributed by atoms with Gasteiger partial charge in [-0.3, -0.25) is 4.79 Å². The van der Waals surface area contributed by atoms with E-state index in [0.29, 0.717) is 5.56 Å². The molecule has 1 aromatic rings. The molecule has 0 saturated heterocycles. The molecule has 0 heterocycles. The number of carbonyl (C=O) groups is 1. The molecule has 0 aliphatic carbocycles. The van der Waals surface area contributed by atoms with Gasteiger partial charge in [0, 0.05) is 5.56 Å². The summed E-state index contributed by atoms with van der Waals surface area (Å²) in [4.78, 5) is 11.1. The SMILES string of the molecule is CCC/C=C/Cc1cc(C)c(C(=O)Cl)cc1C(F)(F)F. The van der Waals surface area contributed by atoms with Crippen molar-refractivity contribution in [1.82, 2.24) is 0 Å². The van der Waals surface area contributed by atoms with Crippen molar-refractivity contribution in [3.8, 4) is 0 Å². The molecule has 1 nitrogen and oxygen atoms in total. The molecule has 0 fully saturated rings. The van der Waals surface area contributed by atoms with Crippen molar-refractivity contribution in [1.29, 1.82) is 0 Å². The Morgan fingerprint density at radius 3 is 2.45 bits per heavy atom. The van der Waals surface area contributed by atoms with Crippen LogP contribution < -0.4 is 0 Å². The van der Waals surface area contributed by atoms with Crippen LogP contribution in [0, 0.1) is 6.92 Å². The first-order valence-electron chi connectivity index (χ1n) is 6.33. The second kappa shape index (κ2) is 6.93. The zero-order chi connectivity index (χ0) is 15.3. The predicted molar refractivity (Wildman–Crippen MR) is 74.1 cm³/mol. The number of halogens is 4. The van der Waals surface area contributed by atoms with Gasteiger partial charge in [0.1, 0.15) is 0 Å². The van der Waals surface area contributed by atoms with Crippen LogP contribution in [-0.4, -0.2) is 5.24 Å². The molecule has 0 aliphatic rings. The van der Waals surface area contributed by atoms with Crippen LogP contribution in [0.4, 0.5) is 13.2 Å². The standard InChI is InChI=1S/C15H16ClF3O/c1-3-4-5-6-7-11-8-10(2)12(14(16)20)9-13(11)15(17,18)19/h5-6,8-9H,3-4,7H2,1-2H3/b6-5+. The van der Waals surface area contributed by atoms with Gasteiger partial charge in [-0.05, 0) is 48.6 Å². The summed E-state index contributed by atoms with van der Waals surface area (Å²) in [6.07, 6.45) is 1.04. The van der Waals surface area contributed by atoms with Crippen molar-refractivity contribution >= 4 is 16.8 Å². The maximum Gasteiger partial charge on any atom is 0.416 e. The summed E-state index contributed by atoms with van der Waals surface area (Å²) in [6.45, 7) is 3.57. The lowest BCUT2D eigenvalue weighted by molar-refractivity contribution is -0.138. The third-order valence-corrected chi connectivity index (χ3v) is 3.13. The van der Waals surface area contributed by atoms with Crippen LogP contribution in [0.5, 0.6) is 0 Å². The first-order chi connectivity index (χ1) is 9.27. The monoisotopic (exact) mass is 304 g/mol. The highest BCUT2D eigenvalue weighted by Crippen LogP contribution is 2.34. The van der Waals surface area contributed by atoms with Gasteiger partial charge in [0.05, 0.1) is 5.56 Å². The maximum absolute atomic E-state index is 13.0. The summed E-state index contributed by atoms with van der Waals surface area (Å²) in [5.41, 5.74) is -0.283. The van der Waals surface area contributed by atoms with Gasteiger partial charge < -0.3 is 0 Å². The average molecular weight is 305 g/mol. The molecule has 0 spiro atoms. The van der Waals surface area contributed by atoms with Gasteiger partial charge >= 0.3 is 6.18 Å². The Balaban J connectivity index is 3.21. The Hall–Kier alpha value is -1.29. The number of hydrogen-bond donors (Lipinski definition) is 0. The van der Waals surface area contributed by atoms with Crippen LogP contribution in [-0.2, 0) is 12.6 Å². The van der Waals surface area contributed by atoms with E-state index < -0.39 is 17.0 Å². The highest BCUT2D eigenvalue weighted by molar-refractivity contribution is 6.67. The first kappa shape index (κ1) is 16.8. The van der Waals surface area contributed by atoms with Crippen LogP contribution in [0.1, 0.15) is 46.8 Å². The van der Waals surface area contributed by atoms with Crippen LogP contribution >= 0.6 is 11.6 Å². The molecule has 0 aliphatic heterocycles. The molecule has 0 bridgehead atoms. The molecule has 5 heteroatoms. The van der Waals surface area contributed by atoms with Gasteiger partial charge in [-0.25, -0.2) is 0 Å². The number of carbonyl (C=O) groups excluding carboxylic acids is 1. The minimum Gasteiger partial charge on any atom is -0.276 e. The molecule has 0 amide bonds. The maximum atomic E-state index is 13.0. The lowest BCUT2D eigenvalue weighted by Crippen LogP contribution is -2.11. The summed E-state index contributed by atoms with van der Waals surface area (Å²) < 4.78 is 39.1. The molecule has 0 atom stereocenters. The molecule has 110 valence electrons. The van der Waals surface area contributed by atoms with Crippen LogP contribution in [0.15, 0.2) is 24.3 Å². The van der Waals surface area contributed by atoms with E-state index in [1.165, 1.54) is 6.07 Å². The van der Waals surface area contributed by atoms with Gasteiger partial charge in [-0.1, -0.05) is 31.6 Å². The second-order valence-corrected chi connectivity index (χ2v) is 4.90. The second-order valence-electron chi connectivity index (χ2n) is 4.56. The number of unbranched alkanes of at least 4 members (excludes halogenated alkanes) is 1. The summed E-state index contributed by atoms with van der Waals surface area (Å²) >= 11 is 5.31. The molecular formula is C15H16ClF3O. The van der Waals surface area contributed by atoms with Gasteiger partial charge in [-0.2, -0.15) is 13.2 Å². The van der Waals surface area contributed by atoms with E-state index in [-0.39, 0.29) is 17.5 Å². The van der Waals surface area contributed by atoms with Crippen molar-refractivity contribution in [3.05, 3.63) is 46.5 Å². The molecule has 0 radical (unpaired) electrons. The lowest BCUT2D eigenvalue weighted by atomic mass is 9.97. The largest absolute Gasteiger partial charge is 0.416 e. The summed E-state index contributed by atoms with van der Waals surface area (Å²) in [7, 11) is 0. The molecule has 0 saturated carbocycles. The third kappa shape index (κ3) is 4.37. The minimum atomic E-state index is -4.50. The quantitative estimate of drug-likeness (QED) is 0.533. The molecule has 1 aromatic carbocycles. The van der Waals surface area contributed by atoms with Crippen molar-refractivity contribution < 1.29 is 18.0 Å². The molecular weight excluding hydrogens is 289 g/mol. The average Bonchev–Trinajstić information content (AvgIpc) is 2.32. The third-order valence-electron chi connectivity index (χ3n) is 2.93. The number of alkyl halides is 3. The van der Waals surface area contributed by atoms with E-state index in [4.69, 9.17) is 11.6 Å². The molecule has 1 rings (SSSR count). The fourth-order valence-corrected chi connectivity index (χ4v) is 2.11. The van der Waals surface area contributed by atoms with Crippen LogP contribution in [0.25, 0.3) is 0 Å². The predicted octanol–water partition coefficient (Wildman–Crippen LogP) is 5.29. The smallest absolute Gasteiger partial charge is 0.276 e.